The molecule has 0 saturated heterocycles. The second kappa shape index (κ2) is 10.3. The maximum Gasteiger partial charge on any atom is 0.331 e. The highest BCUT2D eigenvalue weighted by molar-refractivity contribution is 7.99. The number of carbonyl (C=O) groups is 2. The molecule has 0 aliphatic heterocycles. The first-order valence-corrected chi connectivity index (χ1v) is 10.4. The van der Waals surface area contributed by atoms with Crippen LogP contribution in [0.25, 0.3) is 0 Å². The number of nitrogens with zero attached hydrogens (tertiary/aromatic N) is 1. The zero-order valence-electron chi connectivity index (χ0n) is 16.2. The second-order valence-electron chi connectivity index (χ2n) is 6.67. The quantitative estimate of drug-likeness (QED) is 0.378. The number of nitro benzene ring substituents is 1. The molecule has 154 valence electrons. The molecule has 2 rings (SSSR count). The van der Waals surface area contributed by atoms with Gasteiger partial charge in [0.1, 0.15) is 5.54 Å². The van der Waals surface area contributed by atoms with Crippen molar-refractivity contribution in [1.29, 1.82) is 0 Å². The Hall–Kier alpha value is -2.29. The standard InChI is InChI=1S/C19H26N2O6S/c1-3-27-18(23)19(9-5-4-6-10-19)20-17(22)13-28-12-14-7-8-16(26-2)15(11-14)21(24)25/h7-8,11H,3-6,9-10,12-13H2,1-2H3,(H,20,22). The molecule has 0 atom stereocenters. The molecule has 1 aromatic carbocycles. The number of carbonyl (C=O) groups excluding carboxylic acids is 2. The van der Waals surface area contributed by atoms with E-state index in [1.165, 1.54) is 24.9 Å². The summed E-state index contributed by atoms with van der Waals surface area (Å²) in [4.78, 5) is 35.4. The number of rotatable bonds is 9. The van der Waals surface area contributed by atoms with Gasteiger partial charge in [-0.1, -0.05) is 25.3 Å². The Morgan fingerprint density at radius 2 is 2.00 bits per heavy atom. The van der Waals surface area contributed by atoms with E-state index in [0.717, 1.165) is 24.8 Å². The molecule has 0 bridgehead atoms. The van der Waals surface area contributed by atoms with Crippen molar-refractivity contribution in [3.8, 4) is 5.75 Å². The summed E-state index contributed by atoms with van der Waals surface area (Å²) < 4.78 is 10.2. The molecular formula is C19H26N2O6S. The smallest absolute Gasteiger partial charge is 0.331 e. The van der Waals surface area contributed by atoms with Crippen LogP contribution in [0, 0.1) is 10.1 Å². The van der Waals surface area contributed by atoms with Gasteiger partial charge in [0, 0.05) is 11.8 Å². The van der Waals surface area contributed by atoms with Crippen LogP contribution in [0.4, 0.5) is 5.69 Å². The zero-order valence-corrected chi connectivity index (χ0v) is 17.0. The number of nitro groups is 1. The third-order valence-electron chi connectivity index (χ3n) is 4.69. The van der Waals surface area contributed by atoms with Crippen LogP contribution in [0.5, 0.6) is 5.75 Å². The van der Waals surface area contributed by atoms with E-state index in [2.05, 4.69) is 5.32 Å². The van der Waals surface area contributed by atoms with Crippen molar-refractivity contribution < 1.29 is 24.0 Å². The molecule has 28 heavy (non-hydrogen) atoms. The van der Waals surface area contributed by atoms with Crippen LogP contribution in [-0.2, 0) is 20.1 Å². The van der Waals surface area contributed by atoms with Gasteiger partial charge in [0.05, 0.1) is 24.4 Å². The molecule has 0 aromatic heterocycles. The molecule has 1 saturated carbocycles. The highest BCUT2D eigenvalue weighted by Crippen LogP contribution is 2.31. The lowest BCUT2D eigenvalue weighted by molar-refractivity contribution is -0.385. The topological polar surface area (TPSA) is 108 Å². The Kier molecular flexibility index (Phi) is 8.10. The monoisotopic (exact) mass is 410 g/mol. The molecule has 1 fully saturated rings. The molecule has 8 nitrogen and oxygen atoms in total. The summed E-state index contributed by atoms with van der Waals surface area (Å²) in [6.07, 6.45) is 3.98. The van der Waals surface area contributed by atoms with Crippen molar-refractivity contribution in [2.45, 2.75) is 50.3 Å². The minimum absolute atomic E-state index is 0.103. The summed E-state index contributed by atoms with van der Waals surface area (Å²) >= 11 is 1.33. The molecular weight excluding hydrogens is 384 g/mol. The Morgan fingerprint density at radius 1 is 1.29 bits per heavy atom. The van der Waals surface area contributed by atoms with Gasteiger partial charge in [0.2, 0.25) is 5.91 Å². The van der Waals surface area contributed by atoms with E-state index in [4.69, 9.17) is 9.47 Å². The summed E-state index contributed by atoms with van der Waals surface area (Å²) in [6.45, 7) is 2.03. The van der Waals surface area contributed by atoms with Crippen molar-refractivity contribution in [2.75, 3.05) is 19.5 Å². The van der Waals surface area contributed by atoms with Gasteiger partial charge in [0.15, 0.2) is 5.75 Å². The number of thioether (sulfide) groups is 1. The number of nitrogens with one attached hydrogen (secondary N) is 1. The molecule has 0 radical (unpaired) electrons. The number of amides is 1. The van der Waals surface area contributed by atoms with E-state index in [-0.39, 0.29) is 35.7 Å². The Labute approximate surface area is 168 Å². The third-order valence-corrected chi connectivity index (χ3v) is 5.70. The van der Waals surface area contributed by atoms with Crippen LogP contribution >= 0.6 is 11.8 Å². The lowest BCUT2D eigenvalue weighted by Gasteiger charge is -2.35. The maximum atomic E-state index is 12.4. The number of esters is 1. The maximum absolute atomic E-state index is 12.4. The van der Waals surface area contributed by atoms with Gasteiger partial charge >= 0.3 is 11.7 Å². The number of hydrogen-bond acceptors (Lipinski definition) is 7. The minimum atomic E-state index is -0.926. The largest absolute Gasteiger partial charge is 0.490 e. The fourth-order valence-corrected chi connectivity index (χ4v) is 4.11. The van der Waals surface area contributed by atoms with Crippen molar-refractivity contribution >= 4 is 29.3 Å². The Bertz CT molecular complexity index is 718. The predicted molar refractivity (Wildman–Crippen MR) is 106 cm³/mol. The van der Waals surface area contributed by atoms with E-state index in [9.17, 15) is 19.7 Å². The molecule has 1 N–H and O–H groups in total. The minimum Gasteiger partial charge on any atom is -0.490 e. The van der Waals surface area contributed by atoms with E-state index in [0.29, 0.717) is 18.6 Å². The molecule has 1 aliphatic carbocycles. The van der Waals surface area contributed by atoms with E-state index < -0.39 is 10.5 Å². The van der Waals surface area contributed by atoms with Crippen molar-refractivity contribution in [3.05, 3.63) is 33.9 Å². The van der Waals surface area contributed by atoms with Gasteiger partial charge in [-0.25, -0.2) is 4.79 Å². The molecule has 9 heteroatoms. The number of ether oxygens (including phenoxy) is 2. The van der Waals surface area contributed by atoms with Crippen LogP contribution in [0.15, 0.2) is 18.2 Å². The summed E-state index contributed by atoms with van der Waals surface area (Å²) in [5.74, 6) is 0.193. The number of methoxy groups -OCH3 is 1. The molecule has 1 aliphatic rings. The predicted octanol–water partition coefficient (Wildman–Crippen LogP) is 3.22. The van der Waals surface area contributed by atoms with E-state index in [1.807, 2.05) is 0 Å². The van der Waals surface area contributed by atoms with Gasteiger partial charge in [-0.2, -0.15) is 0 Å². The van der Waals surface area contributed by atoms with Gasteiger partial charge in [-0.05, 0) is 31.4 Å². The summed E-state index contributed by atoms with van der Waals surface area (Å²) in [6, 6.07) is 4.73. The fraction of sp³-hybridized carbons (Fsp3) is 0.579. The first kappa shape index (κ1) is 22.0. The van der Waals surface area contributed by atoms with Crippen LogP contribution in [0.2, 0.25) is 0 Å². The lowest BCUT2D eigenvalue weighted by atomic mass is 9.81. The van der Waals surface area contributed by atoms with Crippen LogP contribution in [0.1, 0.15) is 44.6 Å². The van der Waals surface area contributed by atoms with Crippen LogP contribution < -0.4 is 10.1 Å². The van der Waals surface area contributed by atoms with Crippen molar-refractivity contribution in [3.63, 3.8) is 0 Å². The number of hydrogen-bond donors (Lipinski definition) is 1. The molecule has 0 spiro atoms. The average Bonchev–Trinajstić information content (AvgIpc) is 2.68. The Morgan fingerprint density at radius 3 is 2.61 bits per heavy atom. The summed E-state index contributed by atoms with van der Waals surface area (Å²) in [5.41, 5.74) is -0.304. The lowest BCUT2D eigenvalue weighted by Crippen LogP contribution is -2.56. The Balaban J connectivity index is 1.93. The SMILES string of the molecule is CCOC(=O)C1(NC(=O)CSCc2ccc(OC)c([N+](=O)[O-])c2)CCCCC1. The van der Waals surface area contributed by atoms with Gasteiger partial charge in [-0.3, -0.25) is 14.9 Å². The average molecular weight is 410 g/mol. The van der Waals surface area contributed by atoms with Crippen LogP contribution in [-0.4, -0.2) is 41.8 Å². The van der Waals surface area contributed by atoms with Crippen molar-refractivity contribution in [2.24, 2.45) is 0 Å². The zero-order chi connectivity index (χ0) is 20.6. The van der Waals surface area contributed by atoms with Gasteiger partial charge in [-0.15, -0.1) is 11.8 Å². The second-order valence-corrected chi connectivity index (χ2v) is 7.65. The van der Waals surface area contributed by atoms with E-state index in [1.54, 1.807) is 19.1 Å². The fourth-order valence-electron chi connectivity index (χ4n) is 3.34. The first-order chi connectivity index (χ1) is 13.4. The number of benzene rings is 1. The molecule has 0 unspecified atom stereocenters. The molecule has 0 heterocycles. The van der Waals surface area contributed by atoms with Crippen molar-refractivity contribution in [1.82, 2.24) is 5.32 Å². The summed E-state index contributed by atoms with van der Waals surface area (Å²) in [5, 5.41) is 14.0. The van der Waals surface area contributed by atoms with E-state index >= 15 is 0 Å². The highest BCUT2D eigenvalue weighted by Gasteiger charge is 2.42. The summed E-state index contributed by atoms with van der Waals surface area (Å²) in [7, 11) is 1.38. The van der Waals surface area contributed by atoms with Crippen LogP contribution in [0.3, 0.4) is 0 Å². The molecule has 1 aromatic rings. The van der Waals surface area contributed by atoms with Gasteiger partial charge in [0.25, 0.3) is 0 Å². The highest BCUT2D eigenvalue weighted by atomic mass is 32.2. The molecule has 1 amide bonds. The normalized spacial score (nSPS) is 15.5. The van der Waals surface area contributed by atoms with Gasteiger partial charge < -0.3 is 14.8 Å². The third kappa shape index (κ3) is 5.60. The first-order valence-electron chi connectivity index (χ1n) is 9.29.